The molecule has 0 radical (unpaired) electrons. The van der Waals surface area contributed by atoms with Gasteiger partial charge in [-0.3, -0.25) is 9.59 Å². The van der Waals surface area contributed by atoms with Gasteiger partial charge >= 0.3 is 5.97 Å². The molecule has 0 unspecified atom stereocenters. The van der Waals surface area contributed by atoms with Crippen LogP contribution in [0.5, 0.6) is 0 Å². The molecule has 6 nitrogen and oxygen atoms in total. The molecule has 0 fully saturated rings. The summed E-state index contributed by atoms with van der Waals surface area (Å²) in [5, 5.41) is 5.30. The molecular formula is C18H16ClFN2O4. The maximum absolute atomic E-state index is 13.7. The van der Waals surface area contributed by atoms with Gasteiger partial charge in [0.2, 0.25) is 5.91 Å². The Balaban J connectivity index is 1.96. The van der Waals surface area contributed by atoms with Crippen LogP contribution < -0.4 is 10.6 Å². The molecule has 0 aliphatic carbocycles. The van der Waals surface area contributed by atoms with Gasteiger partial charge in [0.1, 0.15) is 5.82 Å². The van der Waals surface area contributed by atoms with Crippen molar-refractivity contribution in [2.75, 3.05) is 10.6 Å². The number of rotatable bonds is 5. The summed E-state index contributed by atoms with van der Waals surface area (Å²) in [5.74, 6) is -2.59. The highest BCUT2D eigenvalue weighted by atomic mass is 35.5. The zero-order valence-corrected chi connectivity index (χ0v) is 14.8. The van der Waals surface area contributed by atoms with Crippen LogP contribution in [0.4, 0.5) is 15.8 Å². The summed E-state index contributed by atoms with van der Waals surface area (Å²) < 4.78 is 18.7. The van der Waals surface area contributed by atoms with Gasteiger partial charge in [-0.2, -0.15) is 0 Å². The first-order valence-electron chi connectivity index (χ1n) is 7.61. The number of carbonyl (C=O) groups excluding carboxylic acids is 3. The first kappa shape index (κ1) is 19.4. The van der Waals surface area contributed by atoms with E-state index < -0.39 is 23.8 Å². The van der Waals surface area contributed by atoms with Gasteiger partial charge in [0.05, 0.1) is 5.56 Å². The smallest absolute Gasteiger partial charge is 0.341 e. The Morgan fingerprint density at radius 3 is 2.15 bits per heavy atom. The molecule has 0 aliphatic heterocycles. The third-order valence-electron chi connectivity index (χ3n) is 3.28. The summed E-state index contributed by atoms with van der Waals surface area (Å²) in [4.78, 5) is 35.0. The van der Waals surface area contributed by atoms with E-state index in [1.807, 2.05) is 0 Å². The van der Waals surface area contributed by atoms with Gasteiger partial charge in [-0.05, 0) is 49.4 Å². The fourth-order valence-corrected chi connectivity index (χ4v) is 2.18. The van der Waals surface area contributed by atoms with Gasteiger partial charge < -0.3 is 15.4 Å². The number of carbonyl (C=O) groups is 3. The van der Waals surface area contributed by atoms with E-state index in [4.69, 9.17) is 16.3 Å². The summed E-state index contributed by atoms with van der Waals surface area (Å²) in [6.07, 6.45) is -1.15. The quantitative estimate of drug-likeness (QED) is 0.778. The molecule has 1 atom stereocenters. The van der Waals surface area contributed by atoms with E-state index >= 15 is 0 Å². The Kier molecular flexibility index (Phi) is 6.30. The molecule has 0 saturated carbocycles. The number of halogens is 2. The van der Waals surface area contributed by atoms with Crippen LogP contribution >= 0.6 is 11.6 Å². The van der Waals surface area contributed by atoms with Crippen LogP contribution in [-0.4, -0.2) is 23.9 Å². The Morgan fingerprint density at radius 2 is 1.62 bits per heavy atom. The highest BCUT2D eigenvalue weighted by Crippen LogP contribution is 2.17. The average molecular weight is 379 g/mol. The van der Waals surface area contributed by atoms with Gasteiger partial charge in [-0.25, -0.2) is 9.18 Å². The summed E-state index contributed by atoms with van der Waals surface area (Å²) in [6.45, 7) is 2.75. The van der Waals surface area contributed by atoms with Crippen molar-refractivity contribution in [2.45, 2.75) is 20.0 Å². The monoisotopic (exact) mass is 378 g/mol. The van der Waals surface area contributed by atoms with Crippen LogP contribution in [0.15, 0.2) is 42.5 Å². The standard InChI is InChI=1S/C18H16ClFN2O4/c1-10(26-18(25)15-8-3-12(19)9-16(15)20)17(24)22-14-6-4-13(5-7-14)21-11(2)23/h3-10H,1-2H3,(H,21,23)(H,22,24)/t10-/m0/s1. The Labute approximate surface area is 154 Å². The minimum absolute atomic E-state index is 0.146. The van der Waals surface area contributed by atoms with E-state index in [2.05, 4.69) is 10.6 Å². The van der Waals surface area contributed by atoms with E-state index in [1.54, 1.807) is 24.3 Å². The predicted molar refractivity (Wildman–Crippen MR) is 95.7 cm³/mol. The number of esters is 1. The van der Waals surface area contributed by atoms with Crippen LogP contribution in [0.2, 0.25) is 5.02 Å². The molecular weight excluding hydrogens is 363 g/mol. The van der Waals surface area contributed by atoms with E-state index in [0.717, 1.165) is 6.07 Å². The predicted octanol–water partition coefficient (Wildman–Crippen LogP) is 3.62. The van der Waals surface area contributed by atoms with Crippen molar-refractivity contribution in [3.63, 3.8) is 0 Å². The number of hydrogen-bond donors (Lipinski definition) is 2. The van der Waals surface area contributed by atoms with Gasteiger partial charge in [-0.15, -0.1) is 0 Å². The van der Waals surface area contributed by atoms with Crippen molar-refractivity contribution < 1.29 is 23.5 Å². The van der Waals surface area contributed by atoms with Crippen molar-refractivity contribution >= 4 is 40.8 Å². The first-order valence-corrected chi connectivity index (χ1v) is 7.98. The van der Waals surface area contributed by atoms with Gasteiger partial charge in [0, 0.05) is 23.3 Å². The minimum atomic E-state index is -1.15. The molecule has 0 saturated heterocycles. The maximum Gasteiger partial charge on any atom is 0.341 e. The van der Waals surface area contributed by atoms with Crippen LogP contribution in [0.1, 0.15) is 24.2 Å². The summed E-state index contributed by atoms with van der Waals surface area (Å²) in [5.41, 5.74) is 0.714. The lowest BCUT2D eigenvalue weighted by Gasteiger charge is -2.14. The van der Waals surface area contributed by atoms with E-state index in [-0.39, 0.29) is 16.5 Å². The van der Waals surface area contributed by atoms with Crippen LogP contribution in [0.3, 0.4) is 0 Å². The summed E-state index contributed by atoms with van der Waals surface area (Å²) in [7, 11) is 0. The lowest BCUT2D eigenvalue weighted by Crippen LogP contribution is -2.30. The van der Waals surface area contributed by atoms with Crippen molar-refractivity contribution in [1.82, 2.24) is 0 Å². The third kappa shape index (κ3) is 5.29. The topological polar surface area (TPSA) is 84.5 Å². The van der Waals surface area contributed by atoms with Gasteiger partial charge in [0.25, 0.3) is 5.91 Å². The zero-order chi connectivity index (χ0) is 19.3. The molecule has 2 aromatic carbocycles. The molecule has 2 rings (SSSR count). The number of ether oxygens (including phenoxy) is 1. The molecule has 0 bridgehead atoms. The van der Waals surface area contributed by atoms with Crippen molar-refractivity contribution in [2.24, 2.45) is 0 Å². The zero-order valence-electron chi connectivity index (χ0n) is 14.0. The Hall–Kier alpha value is -2.93. The maximum atomic E-state index is 13.7. The molecule has 0 aromatic heterocycles. The van der Waals surface area contributed by atoms with Gasteiger partial charge in [-0.1, -0.05) is 11.6 Å². The minimum Gasteiger partial charge on any atom is -0.449 e. The van der Waals surface area contributed by atoms with Crippen LogP contribution in [-0.2, 0) is 14.3 Å². The van der Waals surface area contributed by atoms with E-state index in [9.17, 15) is 18.8 Å². The normalized spacial score (nSPS) is 11.4. The molecule has 2 N–H and O–H groups in total. The molecule has 0 spiro atoms. The fraction of sp³-hybridized carbons (Fsp3) is 0.167. The molecule has 2 aromatic rings. The highest BCUT2D eigenvalue weighted by Gasteiger charge is 2.21. The largest absolute Gasteiger partial charge is 0.449 e. The van der Waals surface area contributed by atoms with Crippen LogP contribution in [0, 0.1) is 5.82 Å². The van der Waals surface area contributed by atoms with Gasteiger partial charge in [0.15, 0.2) is 6.10 Å². The molecule has 136 valence electrons. The molecule has 0 heterocycles. The number of nitrogens with one attached hydrogen (secondary N) is 2. The second-order valence-electron chi connectivity index (χ2n) is 5.42. The number of anilines is 2. The fourth-order valence-electron chi connectivity index (χ4n) is 2.02. The second kappa shape index (κ2) is 8.44. The summed E-state index contributed by atoms with van der Waals surface area (Å²) in [6, 6.07) is 9.90. The lowest BCUT2D eigenvalue weighted by atomic mass is 10.2. The third-order valence-corrected chi connectivity index (χ3v) is 3.51. The number of amides is 2. The Morgan fingerprint density at radius 1 is 1.04 bits per heavy atom. The molecule has 2 amide bonds. The van der Waals surface area contributed by atoms with Crippen molar-refractivity contribution in [1.29, 1.82) is 0 Å². The molecule has 26 heavy (non-hydrogen) atoms. The number of benzene rings is 2. The molecule has 8 heteroatoms. The van der Waals surface area contributed by atoms with E-state index in [1.165, 1.54) is 26.0 Å². The van der Waals surface area contributed by atoms with E-state index in [0.29, 0.717) is 11.4 Å². The Bertz CT molecular complexity index is 840. The molecule has 0 aliphatic rings. The highest BCUT2D eigenvalue weighted by molar-refractivity contribution is 6.30. The van der Waals surface area contributed by atoms with Crippen LogP contribution in [0.25, 0.3) is 0 Å². The second-order valence-corrected chi connectivity index (χ2v) is 5.86. The van der Waals surface area contributed by atoms with Crippen molar-refractivity contribution in [3.8, 4) is 0 Å². The van der Waals surface area contributed by atoms with Crippen molar-refractivity contribution in [3.05, 3.63) is 58.9 Å². The number of hydrogen-bond acceptors (Lipinski definition) is 4. The SMILES string of the molecule is CC(=O)Nc1ccc(NC(=O)[C@H](C)OC(=O)c2ccc(Cl)cc2F)cc1. The first-order chi connectivity index (χ1) is 12.3. The average Bonchev–Trinajstić information content (AvgIpc) is 2.55. The lowest BCUT2D eigenvalue weighted by molar-refractivity contribution is -0.123. The summed E-state index contributed by atoms with van der Waals surface area (Å²) >= 11 is 5.63.